The summed E-state index contributed by atoms with van der Waals surface area (Å²) < 4.78 is 5.38. The fourth-order valence-electron chi connectivity index (χ4n) is 0.947. The lowest BCUT2D eigenvalue weighted by Gasteiger charge is -2.05. The summed E-state index contributed by atoms with van der Waals surface area (Å²) in [7, 11) is 0. The van der Waals surface area contributed by atoms with E-state index in [1.807, 2.05) is 6.07 Å². The molecule has 0 fully saturated rings. The summed E-state index contributed by atoms with van der Waals surface area (Å²) in [6.45, 7) is 1.24. The number of nitrogens with two attached hydrogens (primary N) is 1. The zero-order valence-electron chi connectivity index (χ0n) is 7.49. The molecular weight excluding hydrogens is 166 g/mol. The Morgan fingerprint density at radius 2 is 2.38 bits per heavy atom. The molecule has 0 heterocycles. The Morgan fingerprint density at radius 3 is 3.08 bits per heavy atom. The quantitative estimate of drug-likeness (QED) is 0.656. The van der Waals surface area contributed by atoms with Crippen molar-refractivity contribution < 1.29 is 9.84 Å². The minimum absolute atomic E-state index is 0.00586. The first-order chi connectivity index (χ1) is 6.36. The maximum absolute atomic E-state index is 8.83. The molecule has 0 spiro atoms. The van der Waals surface area contributed by atoms with Crippen LogP contribution in [0.2, 0.25) is 0 Å². The van der Waals surface area contributed by atoms with Crippen LogP contribution in [0.4, 0.5) is 0 Å². The minimum Gasteiger partial charge on any atom is -0.494 e. The molecule has 0 aliphatic rings. The second-order valence-corrected chi connectivity index (χ2v) is 2.70. The lowest BCUT2D eigenvalue weighted by Crippen LogP contribution is -2.06. The zero-order chi connectivity index (χ0) is 9.52. The summed E-state index contributed by atoms with van der Waals surface area (Å²) in [5.74, 6) is 0.760. The van der Waals surface area contributed by atoms with Gasteiger partial charge in [-0.1, -0.05) is 6.07 Å². The molecule has 0 saturated carbocycles. The number of rotatable bonds is 5. The molecule has 3 heteroatoms. The standard InChI is InChI=1S/C10H14NO2/c11-5-2-6-13-10-4-1-3-9(7-10)8-12/h1,4,7,12H,2,5-6,8,11H2. The normalized spacial score (nSPS) is 10.0. The average molecular weight is 180 g/mol. The molecule has 13 heavy (non-hydrogen) atoms. The lowest BCUT2D eigenvalue weighted by molar-refractivity contribution is 0.278. The molecule has 1 rings (SSSR count). The maximum atomic E-state index is 8.83. The zero-order valence-corrected chi connectivity index (χ0v) is 7.49. The van der Waals surface area contributed by atoms with E-state index >= 15 is 0 Å². The molecule has 1 aromatic carbocycles. The molecule has 0 unspecified atom stereocenters. The van der Waals surface area contributed by atoms with E-state index in [9.17, 15) is 0 Å². The van der Waals surface area contributed by atoms with Crippen LogP contribution in [0.15, 0.2) is 18.2 Å². The molecule has 0 bridgehead atoms. The van der Waals surface area contributed by atoms with Gasteiger partial charge in [0.1, 0.15) is 5.75 Å². The first-order valence-corrected chi connectivity index (χ1v) is 4.31. The Labute approximate surface area is 78.1 Å². The topological polar surface area (TPSA) is 55.5 Å². The summed E-state index contributed by atoms with van der Waals surface area (Å²) in [6.07, 6.45) is 0.840. The molecule has 0 aliphatic heterocycles. The largest absolute Gasteiger partial charge is 0.494 e. The first kappa shape index (κ1) is 10.0. The molecule has 3 N–H and O–H groups in total. The van der Waals surface area contributed by atoms with E-state index in [2.05, 4.69) is 6.07 Å². The van der Waals surface area contributed by atoms with Crippen LogP contribution in [0.5, 0.6) is 5.75 Å². The van der Waals surface area contributed by atoms with Gasteiger partial charge in [-0.15, -0.1) is 0 Å². The Balaban J connectivity index is 2.46. The Hall–Kier alpha value is -1.06. The second-order valence-electron chi connectivity index (χ2n) is 2.70. The van der Waals surface area contributed by atoms with Crippen LogP contribution < -0.4 is 10.5 Å². The van der Waals surface area contributed by atoms with Crippen molar-refractivity contribution in [2.45, 2.75) is 13.0 Å². The number of aliphatic hydroxyl groups excluding tert-OH is 1. The highest BCUT2D eigenvalue weighted by molar-refractivity contribution is 5.26. The monoisotopic (exact) mass is 180 g/mol. The fourth-order valence-corrected chi connectivity index (χ4v) is 0.947. The van der Waals surface area contributed by atoms with Crippen LogP contribution in [0.25, 0.3) is 0 Å². The molecule has 0 amide bonds. The Kier molecular flexibility index (Phi) is 4.29. The summed E-state index contributed by atoms with van der Waals surface area (Å²) in [5.41, 5.74) is 6.06. The van der Waals surface area contributed by atoms with Gasteiger partial charge in [-0.05, 0) is 36.7 Å². The molecule has 1 aromatic rings. The van der Waals surface area contributed by atoms with Crippen LogP contribution >= 0.6 is 0 Å². The molecule has 0 aromatic heterocycles. The van der Waals surface area contributed by atoms with Gasteiger partial charge in [0.2, 0.25) is 0 Å². The van der Waals surface area contributed by atoms with Gasteiger partial charge in [0, 0.05) is 0 Å². The smallest absolute Gasteiger partial charge is 0.119 e. The average Bonchev–Trinajstić information content (AvgIpc) is 2.19. The van der Waals surface area contributed by atoms with Crippen LogP contribution in [-0.4, -0.2) is 18.3 Å². The molecule has 3 nitrogen and oxygen atoms in total. The van der Waals surface area contributed by atoms with Gasteiger partial charge in [-0.3, -0.25) is 0 Å². The van der Waals surface area contributed by atoms with Crippen LogP contribution in [0.3, 0.4) is 0 Å². The molecule has 71 valence electrons. The highest BCUT2D eigenvalue weighted by Gasteiger charge is 1.95. The van der Waals surface area contributed by atoms with Crippen molar-refractivity contribution in [1.82, 2.24) is 0 Å². The van der Waals surface area contributed by atoms with Crippen LogP contribution in [0, 0.1) is 6.07 Å². The second kappa shape index (κ2) is 5.56. The third kappa shape index (κ3) is 3.44. The van der Waals surface area contributed by atoms with E-state index in [1.54, 1.807) is 12.1 Å². The summed E-state index contributed by atoms with van der Waals surface area (Å²) in [6, 6.07) is 8.22. The van der Waals surface area contributed by atoms with Gasteiger partial charge in [0.15, 0.2) is 0 Å². The van der Waals surface area contributed by atoms with E-state index < -0.39 is 0 Å². The van der Waals surface area contributed by atoms with Gasteiger partial charge in [0.25, 0.3) is 0 Å². The van der Waals surface area contributed by atoms with Crippen molar-refractivity contribution in [3.05, 3.63) is 29.8 Å². The van der Waals surface area contributed by atoms with Gasteiger partial charge in [0.05, 0.1) is 13.2 Å². The van der Waals surface area contributed by atoms with Crippen molar-refractivity contribution in [2.75, 3.05) is 13.2 Å². The lowest BCUT2D eigenvalue weighted by atomic mass is 10.2. The Morgan fingerprint density at radius 1 is 1.54 bits per heavy atom. The van der Waals surface area contributed by atoms with E-state index in [0.29, 0.717) is 13.2 Å². The fraction of sp³-hybridized carbons (Fsp3) is 0.400. The van der Waals surface area contributed by atoms with Crippen molar-refractivity contribution in [3.63, 3.8) is 0 Å². The van der Waals surface area contributed by atoms with Crippen molar-refractivity contribution in [3.8, 4) is 5.75 Å². The van der Waals surface area contributed by atoms with Crippen LogP contribution in [0.1, 0.15) is 12.0 Å². The summed E-state index contributed by atoms with van der Waals surface area (Å²) in [5, 5.41) is 8.83. The number of benzene rings is 1. The predicted octanol–water partition coefficient (Wildman–Crippen LogP) is 0.707. The molecule has 0 aliphatic carbocycles. The minimum atomic E-state index is -0.00586. The summed E-state index contributed by atoms with van der Waals surface area (Å²) >= 11 is 0. The molecular formula is C10H14NO2. The first-order valence-electron chi connectivity index (χ1n) is 4.31. The summed E-state index contributed by atoms with van der Waals surface area (Å²) in [4.78, 5) is 0. The highest BCUT2D eigenvalue weighted by Crippen LogP contribution is 2.12. The van der Waals surface area contributed by atoms with Gasteiger partial charge < -0.3 is 15.6 Å². The van der Waals surface area contributed by atoms with Gasteiger partial charge in [-0.25, -0.2) is 0 Å². The van der Waals surface area contributed by atoms with E-state index in [-0.39, 0.29) is 6.61 Å². The van der Waals surface area contributed by atoms with Crippen LogP contribution in [-0.2, 0) is 6.61 Å². The predicted molar refractivity (Wildman–Crippen MR) is 50.4 cm³/mol. The third-order valence-electron chi connectivity index (χ3n) is 1.62. The van der Waals surface area contributed by atoms with Gasteiger partial charge in [-0.2, -0.15) is 0 Å². The maximum Gasteiger partial charge on any atom is 0.119 e. The number of ether oxygens (including phenoxy) is 1. The highest BCUT2D eigenvalue weighted by atomic mass is 16.5. The van der Waals surface area contributed by atoms with Crippen molar-refractivity contribution >= 4 is 0 Å². The van der Waals surface area contributed by atoms with Crippen molar-refractivity contribution in [1.29, 1.82) is 0 Å². The van der Waals surface area contributed by atoms with E-state index in [0.717, 1.165) is 17.7 Å². The molecule has 1 radical (unpaired) electrons. The molecule has 0 saturated heterocycles. The molecule has 0 atom stereocenters. The van der Waals surface area contributed by atoms with E-state index in [1.165, 1.54) is 0 Å². The number of hydrogen-bond donors (Lipinski definition) is 2. The van der Waals surface area contributed by atoms with E-state index in [4.69, 9.17) is 15.6 Å². The number of aliphatic hydroxyl groups is 1. The Bertz CT molecular complexity index is 250. The third-order valence-corrected chi connectivity index (χ3v) is 1.62. The SMILES string of the molecule is NCCCOc1cc[c]c(CO)c1. The van der Waals surface area contributed by atoms with Crippen molar-refractivity contribution in [2.24, 2.45) is 5.73 Å². The van der Waals surface area contributed by atoms with Gasteiger partial charge >= 0.3 is 0 Å². The number of hydrogen-bond acceptors (Lipinski definition) is 3.